The van der Waals surface area contributed by atoms with Crippen molar-refractivity contribution in [2.75, 3.05) is 5.32 Å². The van der Waals surface area contributed by atoms with Gasteiger partial charge in [0.25, 0.3) is 0 Å². The second-order valence-corrected chi connectivity index (χ2v) is 4.59. The number of rotatable bonds is 4. The van der Waals surface area contributed by atoms with Crippen LogP contribution >= 0.6 is 0 Å². The molecule has 0 aliphatic rings. The fourth-order valence-electron chi connectivity index (χ4n) is 1.71. The predicted octanol–water partition coefficient (Wildman–Crippen LogP) is 2.32. The van der Waals surface area contributed by atoms with E-state index in [9.17, 15) is 4.79 Å². The lowest BCUT2D eigenvalue weighted by Crippen LogP contribution is -2.28. The lowest BCUT2D eigenvalue weighted by atomic mass is 10.1. The van der Waals surface area contributed by atoms with E-state index in [1.807, 2.05) is 25.1 Å². The first-order chi connectivity index (χ1) is 9.54. The van der Waals surface area contributed by atoms with E-state index in [1.54, 1.807) is 19.2 Å². The second kappa shape index (κ2) is 6.21. The molecule has 6 heteroatoms. The van der Waals surface area contributed by atoms with Crippen LogP contribution in [0.3, 0.4) is 0 Å². The van der Waals surface area contributed by atoms with Crippen LogP contribution in [0.1, 0.15) is 30.2 Å². The van der Waals surface area contributed by atoms with Gasteiger partial charge in [0.2, 0.25) is 5.89 Å². The van der Waals surface area contributed by atoms with Crippen LogP contribution in [-0.4, -0.2) is 11.0 Å². The Kier molecular flexibility index (Phi) is 4.37. The lowest BCUT2D eigenvalue weighted by molar-refractivity contribution is 0.250. The van der Waals surface area contributed by atoms with Gasteiger partial charge in [0.15, 0.2) is 0 Å². The van der Waals surface area contributed by atoms with Crippen LogP contribution in [0.25, 0.3) is 0 Å². The molecule has 2 rings (SSSR count). The molecule has 1 unspecified atom stereocenters. The van der Waals surface area contributed by atoms with Crippen molar-refractivity contribution < 1.29 is 9.21 Å². The Bertz CT molecular complexity index is 592. The van der Waals surface area contributed by atoms with E-state index in [-0.39, 0.29) is 18.6 Å². The van der Waals surface area contributed by atoms with Gasteiger partial charge in [-0.2, -0.15) is 0 Å². The summed E-state index contributed by atoms with van der Waals surface area (Å²) in [6, 6.07) is 7.03. The van der Waals surface area contributed by atoms with Gasteiger partial charge in [0.05, 0.1) is 12.7 Å². The number of amides is 2. The van der Waals surface area contributed by atoms with E-state index in [0.29, 0.717) is 17.3 Å². The normalized spacial score (nSPS) is 11.9. The van der Waals surface area contributed by atoms with Gasteiger partial charge in [-0.15, -0.1) is 0 Å². The molecule has 0 aliphatic carbocycles. The average molecular weight is 274 g/mol. The topological polar surface area (TPSA) is 93.2 Å². The highest BCUT2D eigenvalue weighted by Crippen LogP contribution is 2.15. The van der Waals surface area contributed by atoms with Crippen LogP contribution < -0.4 is 16.4 Å². The maximum atomic E-state index is 11.8. The Morgan fingerprint density at radius 2 is 2.30 bits per heavy atom. The van der Waals surface area contributed by atoms with Crippen molar-refractivity contribution >= 4 is 11.7 Å². The zero-order chi connectivity index (χ0) is 14.5. The molecule has 0 saturated heterocycles. The number of anilines is 1. The van der Waals surface area contributed by atoms with E-state index < -0.39 is 0 Å². The molecule has 0 radical (unpaired) electrons. The van der Waals surface area contributed by atoms with Crippen LogP contribution in [-0.2, 0) is 6.54 Å². The van der Waals surface area contributed by atoms with Crippen molar-refractivity contribution in [1.29, 1.82) is 0 Å². The summed E-state index contributed by atoms with van der Waals surface area (Å²) < 4.78 is 5.26. The van der Waals surface area contributed by atoms with Gasteiger partial charge in [0.1, 0.15) is 5.76 Å². The molecule has 1 aromatic heterocycles. The number of nitrogens with two attached hydrogens (primary N) is 1. The summed E-state index contributed by atoms with van der Waals surface area (Å²) in [7, 11) is 0. The van der Waals surface area contributed by atoms with E-state index in [2.05, 4.69) is 15.6 Å². The number of nitrogens with zero attached hydrogens (tertiary/aromatic N) is 1. The van der Waals surface area contributed by atoms with E-state index in [4.69, 9.17) is 10.2 Å². The second-order valence-electron chi connectivity index (χ2n) is 4.59. The van der Waals surface area contributed by atoms with Gasteiger partial charge >= 0.3 is 6.03 Å². The number of urea groups is 1. The Balaban J connectivity index is 1.89. The van der Waals surface area contributed by atoms with Crippen molar-refractivity contribution in [3.63, 3.8) is 0 Å². The summed E-state index contributed by atoms with van der Waals surface area (Å²) in [5.74, 6) is 1.19. The summed E-state index contributed by atoms with van der Waals surface area (Å²) in [6.45, 7) is 3.94. The molecule has 1 atom stereocenters. The van der Waals surface area contributed by atoms with Crippen molar-refractivity contribution in [2.45, 2.75) is 26.4 Å². The third kappa shape index (κ3) is 3.83. The minimum absolute atomic E-state index is 0.0740. The molecule has 0 saturated carbocycles. The number of aromatic nitrogens is 1. The monoisotopic (exact) mass is 274 g/mol. The standard InChI is InChI=1S/C14H18N4O2/c1-9-7-16-13(20-9)8-17-14(19)18-12-5-3-4-11(6-12)10(2)15/h3-7,10H,8,15H2,1-2H3,(H2,17,18,19). The van der Waals surface area contributed by atoms with Crippen molar-refractivity contribution in [3.05, 3.63) is 47.7 Å². The molecule has 1 heterocycles. The molecule has 6 nitrogen and oxygen atoms in total. The number of hydrogen-bond acceptors (Lipinski definition) is 4. The molecule has 4 N–H and O–H groups in total. The fraction of sp³-hybridized carbons (Fsp3) is 0.286. The van der Waals surface area contributed by atoms with Gasteiger partial charge in [-0.05, 0) is 31.5 Å². The summed E-state index contributed by atoms with van der Waals surface area (Å²) >= 11 is 0. The van der Waals surface area contributed by atoms with Gasteiger partial charge < -0.3 is 20.8 Å². The molecular formula is C14H18N4O2. The van der Waals surface area contributed by atoms with Crippen molar-refractivity contribution in [3.8, 4) is 0 Å². The van der Waals surface area contributed by atoms with Gasteiger partial charge in [-0.25, -0.2) is 9.78 Å². The molecule has 2 amide bonds. The molecule has 0 bridgehead atoms. The number of oxazole rings is 1. The molecule has 106 valence electrons. The molecule has 0 fully saturated rings. The zero-order valence-electron chi connectivity index (χ0n) is 11.5. The smallest absolute Gasteiger partial charge is 0.319 e. The molecule has 20 heavy (non-hydrogen) atoms. The molecule has 2 aromatic rings. The summed E-state index contributed by atoms with van der Waals surface area (Å²) in [5.41, 5.74) is 7.46. The summed E-state index contributed by atoms with van der Waals surface area (Å²) in [4.78, 5) is 15.8. The number of carbonyl (C=O) groups excluding carboxylic acids is 1. The lowest BCUT2D eigenvalue weighted by Gasteiger charge is -2.10. The molecule has 0 spiro atoms. The van der Waals surface area contributed by atoms with E-state index in [1.165, 1.54) is 0 Å². The summed E-state index contributed by atoms with van der Waals surface area (Å²) in [5, 5.41) is 5.41. The first-order valence-electron chi connectivity index (χ1n) is 6.36. The highest BCUT2D eigenvalue weighted by molar-refractivity contribution is 5.89. The highest BCUT2D eigenvalue weighted by atomic mass is 16.4. The maximum Gasteiger partial charge on any atom is 0.319 e. The van der Waals surface area contributed by atoms with Gasteiger partial charge in [-0.1, -0.05) is 12.1 Å². The van der Waals surface area contributed by atoms with E-state index >= 15 is 0 Å². The Morgan fingerprint density at radius 1 is 1.50 bits per heavy atom. The maximum absolute atomic E-state index is 11.8. The quantitative estimate of drug-likeness (QED) is 0.797. The van der Waals surface area contributed by atoms with E-state index in [0.717, 1.165) is 5.56 Å². The number of carbonyl (C=O) groups is 1. The van der Waals surface area contributed by atoms with Crippen LogP contribution in [0.5, 0.6) is 0 Å². The first-order valence-corrected chi connectivity index (χ1v) is 6.36. The zero-order valence-corrected chi connectivity index (χ0v) is 11.5. The number of nitrogens with one attached hydrogen (secondary N) is 2. The fourth-order valence-corrected chi connectivity index (χ4v) is 1.71. The third-order valence-electron chi connectivity index (χ3n) is 2.74. The Hall–Kier alpha value is -2.34. The SMILES string of the molecule is Cc1cnc(CNC(=O)Nc2cccc(C(C)N)c2)o1. The highest BCUT2D eigenvalue weighted by Gasteiger charge is 2.06. The number of aryl methyl sites for hydroxylation is 1. The third-order valence-corrected chi connectivity index (χ3v) is 2.74. The predicted molar refractivity (Wildman–Crippen MR) is 76.1 cm³/mol. The van der Waals surface area contributed by atoms with Crippen LogP contribution in [0.4, 0.5) is 10.5 Å². The first kappa shape index (κ1) is 14.1. The van der Waals surface area contributed by atoms with Crippen LogP contribution in [0.15, 0.2) is 34.9 Å². The van der Waals surface area contributed by atoms with Gasteiger partial charge in [-0.3, -0.25) is 0 Å². The number of benzene rings is 1. The minimum Gasteiger partial charge on any atom is -0.444 e. The Morgan fingerprint density at radius 3 is 2.95 bits per heavy atom. The van der Waals surface area contributed by atoms with Crippen molar-refractivity contribution in [1.82, 2.24) is 10.3 Å². The van der Waals surface area contributed by atoms with Crippen LogP contribution in [0, 0.1) is 6.92 Å². The Labute approximate surface area is 117 Å². The summed E-state index contributed by atoms with van der Waals surface area (Å²) in [6.07, 6.45) is 1.61. The largest absolute Gasteiger partial charge is 0.444 e. The van der Waals surface area contributed by atoms with Crippen molar-refractivity contribution in [2.24, 2.45) is 5.73 Å². The van der Waals surface area contributed by atoms with Gasteiger partial charge in [0, 0.05) is 11.7 Å². The molecule has 1 aromatic carbocycles. The molecular weight excluding hydrogens is 256 g/mol. The number of hydrogen-bond donors (Lipinski definition) is 3. The minimum atomic E-state index is -0.317. The molecule has 0 aliphatic heterocycles. The average Bonchev–Trinajstić information content (AvgIpc) is 2.82. The van der Waals surface area contributed by atoms with Crippen LogP contribution in [0.2, 0.25) is 0 Å².